The van der Waals surface area contributed by atoms with E-state index in [1.807, 2.05) is 35.2 Å². The van der Waals surface area contributed by atoms with E-state index in [2.05, 4.69) is 4.98 Å². The number of benzene rings is 1. The van der Waals surface area contributed by atoms with Crippen molar-refractivity contribution >= 4 is 16.8 Å². The van der Waals surface area contributed by atoms with Gasteiger partial charge in [-0.25, -0.2) is 0 Å². The number of carbonyl (C=O) groups excluding carboxylic acids is 1. The molecule has 1 aliphatic rings. The molecule has 2 heterocycles. The molecule has 1 aromatic heterocycles. The molecule has 92 valence electrons. The van der Waals surface area contributed by atoms with Crippen molar-refractivity contribution in [3.05, 3.63) is 42.1 Å². The molecule has 4 heteroatoms. The van der Waals surface area contributed by atoms with E-state index in [9.17, 15) is 4.79 Å². The van der Waals surface area contributed by atoms with Gasteiger partial charge >= 0.3 is 0 Å². The van der Waals surface area contributed by atoms with E-state index in [4.69, 9.17) is 5.73 Å². The number of nitrogens with two attached hydrogens (primary N) is 1. The zero-order valence-corrected chi connectivity index (χ0v) is 10.0. The van der Waals surface area contributed by atoms with Crippen LogP contribution in [0.25, 0.3) is 10.9 Å². The Labute approximate surface area is 105 Å². The van der Waals surface area contributed by atoms with Gasteiger partial charge in [-0.1, -0.05) is 18.2 Å². The minimum absolute atomic E-state index is 0.0226. The van der Waals surface area contributed by atoms with Crippen molar-refractivity contribution < 1.29 is 4.79 Å². The monoisotopic (exact) mass is 241 g/mol. The predicted molar refractivity (Wildman–Crippen MR) is 69.8 cm³/mol. The maximum atomic E-state index is 11.8. The maximum absolute atomic E-state index is 11.8. The second-order valence-corrected chi connectivity index (χ2v) is 4.73. The molecule has 18 heavy (non-hydrogen) atoms. The average Bonchev–Trinajstić information content (AvgIpc) is 2.68. The molecule has 0 aliphatic carbocycles. The number of fused-ring (bicyclic) bond motifs is 1. The van der Waals surface area contributed by atoms with E-state index in [0.29, 0.717) is 19.5 Å². The van der Waals surface area contributed by atoms with Crippen LogP contribution in [0.5, 0.6) is 0 Å². The molecule has 1 amide bonds. The summed E-state index contributed by atoms with van der Waals surface area (Å²) in [4.78, 5) is 17.9. The number of hydrogen-bond donors (Lipinski definition) is 1. The molecule has 1 aromatic carbocycles. The van der Waals surface area contributed by atoms with E-state index < -0.39 is 0 Å². The van der Waals surface area contributed by atoms with Gasteiger partial charge in [-0.2, -0.15) is 0 Å². The minimum Gasteiger partial charge on any atom is -0.337 e. The van der Waals surface area contributed by atoms with Crippen molar-refractivity contribution in [2.45, 2.75) is 19.0 Å². The van der Waals surface area contributed by atoms with E-state index in [-0.39, 0.29) is 11.9 Å². The first-order valence-electron chi connectivity index (χ1n) is 6.10. The molecular weight excluding hydrogens is 226 g/mol. The maximum Gasteiger partial charge on any atom is 0.224 e. The molecule has 1 aliphatic heterocycles. The first-order chi connectivity index (χ1) is 8.74. The van der Waals surface area contributed by atoms with Gasteiger partial charge in [0.15, 0.2) is 0 Å². The Hall–Kier alpha value is -1.94. The molecule has 3 rings (SSSR count). The number of amides is 1. The summed E-state index contributed by atoms with van der Waals surface area (Å²) in [5.74, 6) is 0.142. The molecule has 1 atom stereocenters. The number of rotatable bonds is 2. The molecule has 4 nitrogen and oxygen atoms in total. The van der Waals surface area contributed by atoms with Crippen molar-refractivity contribution in [1.82, 2.24) is 9.88 Å². The topological polar surface area (TPSA) is 59.2 Å². The van der Waals surface area contributed by atoms with Crippen molar-refractivity contribution in [2.24, 2.45) is 5.73 Å². The Balaban J connectivity index is 1.93. The summed E-state index contributed by atoms with van der Waals surface area (Å²) in [6.45, 7) is 1.27. The second kappa shape index (κ2) is 4.38. The predicted octanol–water partition coefficient (Wildman–Crippen LogP) is 1.29. The normalized spacial score (nSPS) is 19.7. The zero-order chi connectivity index (χ0) is 12.5. The molecule has 0 spiro atoms. The Morgan fingerprint density at radius 2 is 2.22 bits per heavy atom. The SMILES string of the molecule is NC1CC(=O)N(Cc2cccc3ncccc23)C1. The standard InChI is InChI=1S/C14H15N3O/c15-11-7-14(18)17(9-11)8-10-3-1-5-13-12(10)4-2-6-16-13/h1-6,11H,7-9,15H2. The van der Waals surface area contributed by atoms with Crippen LogP contribution in [-0.4, -0.2) is 28.4 Å². The molecule has 2 N–H and O–H groups in total. The van der Waals surface area contributed by atoms with Crippen molar-refractivity contribution in [2.75, 3.05) is 6.54 Å². The number of carbonyl (C=O) groups is 1. The number of likely N-dealkylation sites (tertiary alicyclic amines) is 1. The second-order valence-electron chi connectivity index (χ2n) is 4.73. The highest BCUT2D eigenvalue weighted by atomic mass is 16.2. The third-order valence-corrected chi connectivity index (χ3v) is 3.34. The van der Waals surface area contributed by atoms with Gasteiger partial charge < -0.3 is 10.6 Å². The van der Waals surface area contributed by atoms with E-state index in [1.54, 1.807) is 6.20 Å². The lowest BCUT2D eigenvalue weighted by atomic mass is 10.1. The number of nitrogens with zero attached hydrogens (tertiary/aromatic N) is 2. The highest BCUT2D eigenvalue weighted by Crippen LogP contribution is 2.20. The smallest absolute Gasteiger partial charge is 0.224 e. The lowest BCUT2D eigenvalue weighted by Crippen LogP contribution is -2.27. The number of hydrogen-bond acceptors (Lipinski definition) is 3. The van der Waals surface area contributed by atoms with Gasteiger partial charge in [0.25, 0.3) is 0 Å². The Bertz CT molecular complexity index is 591. The summed E-state index contributed by atoms with van der Waals surface area (Å²) in [6, 6.07) is 9.94. The fraction of sp³-hybridized carbons (Fsp3) is 0.286. The van der Waals surface area contributed by atoms with Gasteiger partial charge in [0, 0.05) is 37.1 Å². The molecule has 0 saturated carbocycles. The molecule has 0 bridgehead atoms. The van der Waals surface area contributed by atoms with Gasteiger partial charge in [-0.05, 0) is 17.7 Å². The van der Waals surface area contributed by atoms with Crippen LogP contribution in [-0.2, 0) is 11.3 Å². The summed E-state index contributed by atoms with van der Waals surface area (Å²) in [5, 5.41) is 1.10. The molecule has 1 fully saturated rings. The summed E-state index contributed by atoms with van der Waals surface area (Å²) < 4.78 is 0. The fourth-order valence-corrected chi connectivity index (χ4v) is 2.47. The van der Waals surface area contributed by atoms with Gasteiger partial charge in [0.05, 0.1) is 5.52 Å². The van der Waals surface area contributed by atoms with Gasteiger partial charge in [-0.3, -0.25) is 9.78 Å². The van der Waals surface area contributed by atoms with Crippen LogP contribution in [0.1, 0.15) is 12.0 Å². The van der Waals surface area contributed by atoms with Crippen molar-refractivity contribution in [1.29, 1.82) is 0 Å². The van der Waals surface area contributed by atoms with Gasteiger partial charge in [0.1, 0.15) is 0 Å². The van der Waals surface area contributed by atoms with Crippen LogP contribution in [0, 0.1) is 0 Å². The quantitative estimate of drug-likeness (QED) is 0.862. The van der Waals surface area contributed by atoms with Gasteiger partial charge in [-0.15, -0.1) is 0 Å². The average molecular weight is 241 g/mol. The third kappa shape index (κ3) is 1.95. The fourth-order valence-electron chi connectivity index (χ4n) is 2.47. The first-order valence-corrected chi connectivity index (χ1v) is 6.10. The Kier molecular flexibility index (Phi) is 2.72. The van der Waals surface area contributed by atoms with E-state index in [1.165, 1.54) is 0 Å². The van der Waals surface area contributed by atoms with Crippen LogP contribution in [0.4, 0.5) is 0 Å². The van der Waals surface area contributed by atoms with Gasteiger partial charge in [0.2, 0.25) is 5.91 Å². The summed E-state index contributed by atoms with van der Waals surface area (Å²) >= 11 is 0. The van der Waals surface area contributed by atoms with Crippen LogP contribution >= 0.6 is 0 Å². The third-order valence-electron chi connectivity index (χ3n) is 3.34. The van der Waals surface area contributed by atoms with Crippen LogP contribution < -0.4 is 5.73 Å². The van der Waals surface area contributed by atoms with E-state index in [0.717, 1.165) is 16.5 Å². The highest BCUT2D eigenvalue weighted by Gasteiger charge is 2.26. The summed E-state index contributed by atoms with van der Waals surface area (Å²) in [7, 11) is 0. The molecular formula is C14H15N3O. The zero-order valence-electron chi connectivity index (χ0n) is 10.0. The summed E-state index contributed by atoms with van der Waals surface area (Å²) in [5.41, 5.74) is 7.90. The molecule has 0 radical (unpaired) electrons. The largest absolute Gasteiger partial charge is 0.337 e. The minimum atomic E-state index is -0.0226. The first kappa shape index (κ1) is 11.2. The highest BCUT2D eigenvalue weighted by molar-refractivity contribution is 5.83. The Morgan fingerprint density at radius 1 is 1.33 bits per heavy atom. The van der Waals surface area contributed by atoms with Crippen LogP contribution in [0.15, 0.2) is 36.5 Å². The lowest BCUT2D eigenvalue weighted by molar-refractivity contribution is -0.128. The van der Waals surface area contributed by atoms with Crippen LogP contribution in [0.2, 0.25) is 0 Å². The number of pyridine rings is 1. The summed E-state index contributed by atoms with van der Waals surface area (Å²) in [6.07, 6.45) is 2.24. The molecule has 2 aromatic rings. The van der Waals surface area contributed by atoms with Crippen molar-refractivity contribution in [3.63, 3.8) is 0 Å². The molecule has 1 unspecified atom stereocenters. The number of aromatic nitrogens is 1. The lowest BCUT2D eigenvalue weighted by Gasteiger charge is -2.17. The molecule has 1 saturated heterocycles. The van der Waals surface area contributed by atoms with Crippen molar-refractivity contribution in [3.8, 4) is 0 Å². The van der Waals surface area contributed by atoms with E-state index >= 15 is 0 Å². The van der Waals surface area contributed by atoms with Crippen LogP contribution in [0.3, 0.4) is 0 Å². The Morgan fingerprint density at radius 3 is 3.00 bits per heavy atom.